The van der Waals surface area contributed by atoms with Crippen LogP contribution in [-0.2, 0) is 0 Å². The lowest BCUT2D eigenvalue weighted by Gasteiger charge is -2.05. The van der Waals surface area contributed by atoms with Crippen molar-refractivity contribution in [3.05, 3.63) is 29.8 Å². The highest BCUT2D eigenvalue weighted by Crippen LogP contribution is 2.09. The van der Waals surface area contributed by atoms with Crippen molar-refractivity contribution in [2.75, 3.05) is 18.5 Å². The average molecular weight is 232 g/mol. The molecule has 0 heterocycles. The Morgan fingerprint density at radius 2 is 2.29 bits per heavy atom. The van der Waals surface area contributed by atoms with Crippen molar-refractivity contribution in [3.63, 3.8) is 0 Å². The number of hydrogen-bond donors (Lipinski definition) is 3. The van der Waals surface area contributed by atoms with E-state index in [0.29, 0.717) is 18.7 Å². The predicted molar refractivity (Wildman–Crippen MR) is 67.7 cm³/mol. The minimum atomic E-state index is -0.229. The highest BCUT2D eigenvalue weighted by atomic mass is 16.2. The van der Waals surface area contributed by atoms with Gasteiger partial charge in [0.25, 0.3) is 0 Å². The summed E-state index contributed by atoms with van der Waals surface area (Å²) in [5.74, 6) is 5.74. The van der Waals surface area contributed by atoms with Crippen molar-refractivity contribution in [3.8, 4) is 11.8 Å². The Hall–Kier alpha value is -1.99. The van der Waals surface area contributed by atoms with E-state index >= 15 is 0 Å². The third-order valence-corrected chi connectivity index (χ3v) is 1.93. The van der Waals surface area contributed by atoms with Crippen LogP contribution in [0, 0.1) is 11.8 Å². The molecule has 0 radical (unpaired) electrons. The van der Waals surface area contributed by atoms with Crippen LogP contribution in [0.2, 0.25) is 0 Å². The van der Waals surface area contributed by atoms with Crippen LogP contribution in [0.25, 0.3) is 0 Å². The Morgan fingerprint density at radius 1 is 1.47 bits per heavy atom. The van der Waals surface area contributed by atoms with Gasteiger partial charge >= 0.3 is 6.03 Å². The van der Waals surface area contributed by atoms with E-state index in [0.717, 1.165) is 5.56 Å². The fourth-order valence-corrected chi connectivity index (χ4v) is 1.23. The second-order valence-electron chi connectivity index (χ2n) is 3.34. The monoisotopic (exact) mass is 232 g/mol. The molecule has 2 amide bonds. The molecule has 3 N–H and O–H groups in total. The van der Waals surface area contributed by atoms with Crippen LogP contribution in [0.4, 0.5) is 10.5 Å². The van der Waals surface area contributed by atoms with Crippen LogP contribution in [-0.4, -0.2) is 24.3 Å². The smallest absolute Gasteiger partial charge is 0.319 e. The number of rotatable bonds is 3. The summed E-state index contributed by atoms with van der Waals surface area (Å²) < 4.78 is 0. The van der Waals surface area contributed by atoms with E-state index < -0.39 is 0 Å². The molecule has 0 aliphatic heterocycles. The van der Waals surface area contributed by atoms with Crippen LogP contribution in [0.3, 0.4) is 0 Å². The van der Waals surface area contributed by atoms with E-state index in [1.807, 2.05) is 19.1 Å². The Bertz CT molecular complexity index is 433. The summed E-state index contributed by atoms with van der Waals surface area (Å²) in [6, 6.07) is 7.04. The van der Waals surface area contributed by atoms with Crippen molar-refractivity contribution < 1.29 is 9.90 Å². The number of nitrogens with one attached hydrogen (secondary N) is 2. The first kappa shape index (κ1) is 13.1. The van der Waals surface area contributed by atoms with Gasteiger partial charge in [-0.05, 0) is 25.1 Å². The highest BCUT2D eigenvalue weighted by Gasteiger charge is 1.99. The Labute approximate surface area is 101 Å². The first-order chi connectivity index (χ1) is 8.26. The molecule has 0 aromatic heterocycles. The maximum atomic E-state index is 11.3. The third-order valence-electron chi connectivity index (χ3n) is 1.93. The van der Waals surface area contributed by atoms with Crippen LogP contribution in [0.15, 0.2) is 24.3 Å². The van der Waals surface area contributed by atoms with E-state index in [4.69, 9.17) is 5.11 Å². The largest absolute Gasteiger partial charge is 0.395 e. The molecule has 0 unspecified atom stereocenters. The highest BCUT2D eigenvalue weighted by molar-refractivity contribution is 5.89. The molecule has 0 saturated carbocycles. The number of urea groups is 1. The van der Waals surface area contributed by atoms with Crippen molar-refractivity contribution in [2.45, 2.75) is 13.3 Å². The van der Waals surface area contributed by atoms with Crippen molar-refractivity contribution in [2.24, 2.45) is 0 Å². The molecule has 0 fully saturated rings. The number of amides is 2. The number of aliphatic hydroxyl groups is 1. The lowest BCUT2D eigenvalue weighted by Crippen LogP contribution is -2.28. The van der Waals surface area contributed by atoms with Crippen molar-refractivity contribution in [1.82, 2.24) is 5.32 Å². The molecule has 1 aromatic carbocycles. The fraction of sp³-hybridized carbons (Fsp3) is 0.308. The Balaban J connectivity index is 2.66. The Kier molecular flexibility index (Phi) is 5.62. The quantitative estimate of drug-likeness (QED) is 0.693. The van der Waals surface area contributed by atoms with Crippen molar-refractivity contribution in [1.29, 1.82) is 0 Å². The van der Waals surface area contributed by atoms with Gasteiger partial charge in [-0.3, -0.25) is 0 Å². The van der Waals surface area contributed by atoms with Gasteiger partial charge in [-0.25, -0.2) is 4.79 Å². The number of carbonyl (C=O) groups is 1. The molecule has 0 aliphatic carbocycles. The average Bonchev–Trinajstić information content (AvgIpc) is 2.30. The van der Waals surface area contributed by atoms with E-state index in [1.165, 1.54) is 0 Å². The minimum Gasteiger partial charge on any atom is -0.395 e. The minimum absolute atomic E-state index is 0.0594. The van der Waals surface area contributed by atoms with Crippen LogP contribution in [0.1, 0.15) is 18.9 Å². The first-order valence-corrected chi connectivity index (χ1v) is 5.51. The van der Waals surface area contributed by atoms with Gasteiger partial charge in [0, 0.05) is 24.2 Å². The zero-order valence-corrected chi connectivity index (χ0v) is 9.79. The van der Waals surface area contributed by atoms with Gasteiger partial charge in [-0.15, -0.1) is 0 Å². The summed E-state index contributed by atoms with van der Waals surface area (Å²) in [5.41, 5.74) is 1.51. The summed E-state index contributed by atoms with van der Waals surface area (Å²) in [5, 5.41) is 14.0. The van der Waals surface area contributed by atoms with Gasteiger partial charge in [-0.1, -0.05) is 17.9 Å². The molecule has 0 saturated heterocycles. The van der Waals surface area contributed by atoms with Gasteiger partial charge in [0.1, 0.15) is 0 Å². The SMILES string of the molecule is CCNC(=O)Nc1cccc(C#CCCO)c1. The predicted octanol–water partition coefficient (Wildman–Crippen LogP) is 1.56. The summed E-state index contributed by atoms with van der Waals surface area (Å²) in [4.78, 5) is 11.3. The lowest BCUT2D eigenvalue weighted by molar-refractivity contribution is 0.252. The number of benzene rings is 1. The van der Waals surface area contributed by atoms with Crippen molar-refractivity contribution >= 4 is 11.7 Å². The molecule has 17 heavy (non-hydrogen) atoms. The first-order valence-electron chi connectivity index (χ1n) is 5.51. The van der Waals surface area contributed by atoms with E-state index in [1.54, 1.807) is 12.1 Å². The fourth-order valence-electron chi connectivity index (χ4n) is 1.23. The van der Waals surface area contributed by atoms with E-state index in [2.05, 4.69) is 22.5 Å². The van der Waals surface area contributed by atoms with Gasteiger partial charge in [0.2, 0.25) is 0 Å². The second-order valence-corrected chi connectivity index (χ2v) is 3.34. The zero-order chi connectivity index (χ0) is 12.5. The molecular formula is C13H16N2O2. The molecule has 4 heteroatoms. The van der Waals surface area contributed by atoms with Crippen LogP contribution < -0.4 is 10.6 Å². The molecular weight excluding hydrogens is 216 g/mol. The summed E-state index contributed by atoms with van der Waals surface area (Å²) in [7, 11) is 0. The summed E-state index contributed by atoms with van der Waals surface area (Å²) in [6.07, 6.45) is 0.452. The molecule has 4 nitrogen and oxygen atoms in total. The van der Waals surface area contributed by atoms with Gasteiger partial charge < -0.3 is 15.7 Å². The molecule has 0 spiro atoms. The van der Waals surface area contributed by atoms with Crippen LogP contribution in [0.5, 0.6) is 0 Å². The second kappa shape index (κ2) is 7.31. The molecule has 1 aromatic rings. The van der Waals surface area contributed by atoms with E-state index in [-0.39, 0.29) is 12.6 Å². The van der Waals surface area contributed by atoms with Gasteiger partial charge in [0.15, 0.2) is 0 Å². The summed E-state index contributed by atoms with van der Waals surface area (Å²) in [6.45, 7) is 2.50. The standard InChI is InChI=1S/C13H16N2O2/c1-2-14-13(17)15-12-8-5-7-11(10-12)6-3-4-9-16/h5,7-8,10,16H,2,4,9H2,1H3,(H2,14,15,17). The maximum Gasteiger partial charge on any atom is 0.319 e. The number of hydrogen-bond acceptors (Lipinski definition) is 2. The Morgan fingerprint density at radius 3 is 3.00 bits per heavy atom. The molecule has 0 atom stereocenters. The maximum absolute atomic E-state index is 11.3. The molecule has 0 aliphatic rings. The summed E-state index contributed by atoms with van der Waals surface area (Å²) >= 11 is 0. The number of aliphatic hydroxyl groups excluding tert-OH is 1. The lowest BCUT2D eigenvalue weighted by atomic mass is 10.2. The molecule has 0 bridgehead atoms. The topological polar surface area (TPSA) is 61.4 Å². The van der Waals surface area contributed by atoms with Gasteiger partial charge in [0.05, 0.1) is 6.61 Å². The number of carbonyl (C=O) groups excluding carboxylic acids is 1. The zero-order valence-electron chi connectivity index (χ0n) is 9.79. The molecule has 1 rings (SSSR count). The third kappa shape index (κ3) is 5.05. The molecule has 90 valence electrons. The normalized spacial score (nSPS) is 9.06. The van der Waals surface area contributed by atoms with E-state index in [9.17, 15) is 4.79 Å². The van der Waals surface area contributed by atoms with Crippen LogP contribution >= 0.6 is 0 Å². The number of anilines is 1. The van der Waals surface area contributed by atoms with Gasteiger partial charge in [-0.2, -0.15) is 0 Å².